The molecule has 1 heterocycles. The van der Waals surface area contributed by atoms with Gasteiger partial charge in [-0.25, -0.2) is 4.98 Å². The Morgan fingerprint density at radius 2 is 1.87 bits per heavy atom. The fraction of sp³-hybridized carbons (Fsp3) is 0.750. The lowest BCUT2D eigenvalue weighted by molar-refractivity contribution is 0.365. The molecule has 1 aromatic heterocycles. The number of hydrogen-bond acceptors (Lipinski definition) is 2. The van der Waals surface area contributed by atoms with Crippen molar-refractivity contribution in [3.63, 3.8) is 0 Å². The molecule has 0 unspecified atom stereocenters. The molecule has 1 aliphatic carbocycles. The third kappa shape index (κ3) is 2.59. The average molecular weight is 207 g/mol. The average Bonchev–Trinajstić information content (AvgIpc) is 2.65. The predicted molar refractivity (Wildman–Crippen MR) is 61.5 cm³/mol. The van der Waals surface area contributed by atoms with Gasteiger partial charge in [0.25, 0.3) is 0 Å². The first-order chi connectivity index (χ1) is 7.42. The number of rotatable bonds is 2. The SMILES string of the molecule is NCc1cncn1C1CCCCCCC1. The van der Waals surface area contributed by atoms with Crippen LogP contribution in [-0.2, 0) is 6.54 Å². The van der Waals surface area contributed by atoms with Gasteiger partial charge in [0.2, 0.25) is 0 Å². The maximum Gasteiger partial charge on any atom is 0.0951 e. The summed E-state index contributed by atoms with van der Waals surface area (Å²) in [6.45, 7) is 0.608. The summed E-state index contributed by atoms with van der Waals surface area (Å²) in [5, 5.41) is 0. The lowest BCUT2D eigenvalue weighted by Crippen LogP contribution is -2.14. The quantitative estimate of drug-likeness (QED) is 0.810. The molecule has 0 aromatic carbocycles. The van der Waals surface area contributed by atoms with E-state index < -0.39 is 0 Å². The van der Waals surface area contributed by atoms with Crippen molar-refractivity contribution in [3.05, 3.63) is 18.2 Å². The molecule has 1 aliphatic rings. The first kappa shape index (κ1) is 10.7. The fourth-order valence-electron chi connectivity index (χ4n) is 2.53. The Morgan fingerprint density at radius 3 is 2.53 bits per heavy atom. The van der Waals surface area contributed by atoms with Crippen molar-refractivity contribution < 1.29 is 0 Å². The lowest BCUT2D eigenvalue weighted by atomic mass is 9.96. The highest BCUT2D eigenvalue weighted by molar-refractivity contribution is 4.99. The molecular weight excluding hydrogens is 186 g/mol. The minimum Gasteiger partial charge on any atom is -0.330 e. The van der Waals surface area contributed by atoms with Gasteiger partial charge < -0.3 is 10.3 Å². The molecule has 84 valence electrons. The Labute approximate surface area is 91.7 Å². The summed E-state index contributed by atoms with van der Waals surface area (Å²) in [4.78, 5) is 4.21. The van der Waals surface area contributed by atoms with Crippen LogP contribution in [0.5, 0.6) is 0 Å². The zero-order chi connectivity index (χ0) is 10.5. The lowest BCUT2D eigenvalue weighted by Gasteiger charge is -2.22. The van der Waals surface area contributed by atoms with Crippen LogP contribution in [0.2, 0.25) is 0 Å². The smallest absolute Gasteiger partial charge is 0.0951 e. The van der Waals surface area contributed by atoms with Crippen LogP contribution in [0.4, 0.5) is 0 Å². The zero-order valence-corrected chi connectivity index (χ0v) is 9.36. The largest absolute Gasteiger partial charge is 0.330 e. The Kier molecular flexibility index (Phi) is 3.78. The summed E-state index contributed by atoms with van der Waals surface area (Å²) in [5.41, 5.74) is 6.89. The molecule has 2 rings (SSSR count). The second-order valence-electron chi connectivity index (χ2n) is 4.50. The topological polar surface area (TPSA) is 43.8 Å². The Hall–Kier alpha value is -0.830. The summed E-state index contributed by atoms with van der Waals surface area (Å²) < 4.78 is 2.30. The van der Waals surface area contributed by atoms with E-state index >= 15 is 0 Å². The van der Waals surface area contributed by atoms with Crippen LogP contribution in [0, 0.1) is 0 Å². The maximum atomic E-state index is 5.71. The van der Waals surface area contributed by atoms with E-state index in [0.717, 1.165) is 0 Å². The molecule has 0 spiro atoms. The highest BCUT2D eigenvalue weighted by Gasteiger charge is 2.14. The maximum absolute atomic E-state index is 5.71. The van der Waals surface area contributed by atoms with Crippen LogP contribution in [-0.4, -0.2) is 9.55 Å². The molecule has 0 aliphatic heterocycles. The van der Waals surface area contributed by atoms with Crippen molar-refractivity contribution >= 4 is 0 Å². The molecule has 1 saturated carbocycles. The van der Waals surface area contributed by atoms with E-state index in [4.69, 9.17) is 5.73 Å². The monoisotopic (exact) mass is 207 g/mol. The highest BCUT2D eigenvalue weighted by Crippen LogP contribution is 2.27. The molecule has 3 heteroatoms. The summed E-state index contributed by atoms with van der Waals surface area (Å²) in [6.07, 6.45) is 13.4. The minimum absolute atomic E-state index is 0.608. The minimum atomic E-state index is 0.608. The van der Waals surface area contributed by atoms with Gasteiger partial charge in [-0.2, -0.15) is 0 Å². The van der Waals surface area contributed by atoms with Crippen molar-refractivity contribution in [3.8, 4) is 0 Å². The van der Waals surface area contributed by atoms with Crippen LogP contribution in [0.1, 0.15) is 56.7 Å². The molecule has 0 radical (unpaired) electrons. The van der Waals surface area contributed by atoms with Gasteiger partial charge in [0.1, 0.15) is 0 Å². The molecule has 0 bridgehead atoms. The van der Waals surface area contributed by atoms with E-state index in [1.807, 2.05) is 12.5 Å². The van der Waals surface area contributed by atoms with Crippen molar-refractivity contribution in [2.45, 2.75) is 57.5 Å². The van der Waals surface area contributed by atoms with Gasteiger partial charge in [0.05, 0.1) is 12.0 Å². The van der Waals surface area contributed by atoms with E-state index in [1.54, 1.807) is 0 Å². The standard InChI is InChI=1S/C12H21N3/c13-8-12-9-14-10-15(12)11-6-4-2-1-3-5-7-11/h9-11H,1-8,13H2. The van der Waals surface area contributed by atoms with E-state index in [2.05, 4.69) is 9.55 Å². The third-order valence-electron chi connectivity index (χ3n) is 3.42. The van der Waals surface area contributed by atoms with Gasteiger partial charge in [-0.05, 0) is 12.8 Å². The van der Waals surface area contributed by atoms with Crippen LogP contribution in [0.15, 0.2) is 12.5 Å². The Morgan fingerprint density at radius 1 is 1.20 bits per heavy atom. The highest BCUT2D eigenvalue weighted by atomic mass is 15.1. The summed E-state index contributed by atoms with van der Waals surface area (Å²) in [6, 6.07) is 0.645. The Bertz CT molecular complexity index is 285. The van der Waals surface area contributed by atoms with Crippen LogP contribution in [0.3, 0.4) is 0 Å². The molecule has 0 amide bonds. The van der Waals surface area contributed by atoms with Crippen molar-refractivity contribution in [1.82, 2.24) is 9.55 Å². The van der Waals surface area contributed by atoms with E-state index in [1.165, 1.54) is 50.6 Å². The first-order valence-corrected chi connectivity index (χ1v) is 6.12. The van der Waals surface area contributed by atoms with Gasteiger partial charge in [-0.15, -0.1) is 0 Å². The molecule has 1 fully saturated rings. The normalized spacial score (nSPS) is 19.8. The van der Waals surface area contributed by atoms with Gasteiger partial charge in [-0.1, -0.05) is 32.1 Å². The van der Waals surface area contributed by atoms with Crippen molar-refractivity contribution in [1.29, 1.82) is 0 Å². The number of nitrogens with two attached hydrogens (primary N) is 1. The van der Waals surface area contributed by atoms with Gasteiger partial charge in [0, 0.05) is 18.8 Å². The molecule has 0 saturated heterocycles. The zero-order valence-electron chi connectivity index (χ0n) is 9.36. The third-order valence-corrected chi connectivity index (χ3v) is 3.42. The summed E-state index contributed by atoms with van der Waals surface area (Å²) in [5.74, 6) is 0. The van der Waals surface area contributed by atoms with Gasteiger partial charge >= 0.3 is 0 Å². The van der Waals surface area contributed by atoms with Crippen molar-refractivity contribution in [2.24, 2.45) is 5.73 Å². The van der Waals surface area contributed by atoms with Crippen LogP contribution < -0.4 is 5.73 Å². The van der Waals surface area contributed by atoms with E-state index in [0.29, 0.717) is 12.6 Å². The second-order valence-corrected chi connectivity index (χ2v) is 4.50. The predicted octanol–water partition coefficient (Wildman–Crippen LogP) is 2.63. The van der Waals surface area contributed by atoms with Gasteiger partial charge in [-0.3, -0.25) is 0 Å². The fourth-order valence-corrected chi connectivity index (χ4v) is 2.53. The molecule has 15 heavy (non-hydrogen) atoms. The number of imidazole rings is 1. The summed E-state index contributed by atoms with van der Waals surface area (Å²) >= 11 is 0. The number of aromatic nitrogens is 2. The van der Waals surface area contributed by atoms with Gasteiger partial charge in [0.15, 0.2) is 0 Å². The molecule has 2 N–H and O–H groups in total. The Balaban J connectivity index is 2.06. The first-order valence-electron chi connectivity index (χ1n) is 6.12. The number of nitrogens with zero attached hydrogens (tertiary/aromatic N) is 2. The molecular formula is C12H21N3. The number of hydrogen-bond donors (Lipinski definition) is 1. The molecule has 1 aromatic rings. The van der Waals surface area contributed by atoms with E-state index in [9.17, 15) is 0 Å². The second kappa shape index (κ2) is 5.31. The molecule has 0 atom stereocenters. The van der Waals surface area contributed by atoms with E-state index in [-0.39, 0.29) is 0 Å². The van der Waals surface area contributed by atoms with Crippen LogP contribution >= 0.6 is 0 Å². The molecule has 3 nitrogen and oxygen atoms in total. The van der Waals surface area contributed by atoms with Crippen LogP contribution in [0.25, 0.3) is 0 Å². The summed E-state index contributed by atoms with van der Waals surface area (Å²) in [7, 11) is 0. The van der Waals surface area contributed by atoms with Crippen molar-refractivity contribution in [2.75, 3.05) is 0 Å².